The molecule has 6 rings (SSSR count). The maximum atomic E-state index is 13.6. The summed E-state index contributed by atoms with van der Waals surface area (Å²) in [5.41, 5.74) is -1.34. The van der Waals surface area contributed by atoms with E-state index in [4.69, 9.17) is 23.2 Å². The van der Waals surface area contributed by atoms with E-state index in [0.717, 1.165) is 36.4 Å². The van der Waals surface area contributed by atoms with E-state index in [-0.39, 0.29) is 49.0 Å². The molecule has 4 N–H and O–H groups in total. The molecule has 0 atom stereocenters. The maximum Gasteiger partial charge on any atom is 0.272 e. The zero-order chi connectivity index (χ0) is 33.1. The smallest absolute Gasteiger partial charge is 0.272 e. The molecule has 0 saturated carbocycles. The van der Waals surface area contributed by atoms with Crippen molar-refractivity contribution in [1.82, 2.24) is 20.4 Å². The summed E-state index contributed by atoms with van der Waals surface area (Å²) in [6.07, 6.45) is 0. The second-order valence-corrected chi connectivity index (χ2v) is 10.1. The van der Waals surface area contributed by atoms with Crippen molar-refractivity contribution in [3.8, 4) is 0 Å². The van der Waals surface area contributed by atoms with Gasteiger partial charge in [0.2, 0.25) is 0 Å². The van der Waals surface area contributed by atoms with Crippen molar-refractivity contribution >= 4 is 67.9 Å². The Labute approximate surface area is 264 Å². The Morgan fingerprint density at radius 2 is 1.00 bits per heavy atom. The van der Waals surface area contributed by atoms with Gasteiger partial charge in [0.15, 0.2) is 10.3 Å². The number of carbonyl (C=O) groups excluding carboxylic acids is 2. The topological polar surface area (TPSA) is 150 Å². The zero-order valence-electron chi connectivity index (χ0n) is 22.7. The highest BCUT2D eigenvalue weighted by Gasteiger charge is 2.15. The molecule has 2 aromatic heterocycles. The second-order valence-electron chi connectivity index (χ2n) is 9.36. The number of benzene rings is 4. The lowest BCUT2D eigenvalue weighted by Crippen LogP contribution is -2.15. The second kappa shape index (κ2) is 13.2. The highest BCUT2D eigenvalue weighted by Crippen LogP contribution is 2.23. The van der Waals surface area contributed by atoms with Gasteiger partial charge >= 0.3 is 0 Å². The number of hydrogen-bond acceptors (Lipinski definition) is 6. The van der Waals surface area contributed by atoms with Gasteiger partial charge in [-0.3, -0.25) is 19.2 Å². The van der Waals surface area contributed by atoms with Crippen molar-refractivity contribution < 1.29 is 27.2 Å². The fourth-order valence-corrected chi connectivity index (χ4v) is 4.53. The average Bonchev–Trinajstić information content (AvgIpc) is 3.04. The molecule has 0 spiro atoms. The van der Waals surface area contributed by atoms with Crippen molar-refractivity contribution in [2.24, 2.45) is 0 Å². The van der Waals surface area contributed by atoms with E-state index in [2.05, 4.69) is 31.0 Å². The minimum atomic E-state index is -0.773. The molecule has 0 fully saturated rings. The lowest BCUT2D eigenvalue weighted by molar-refractivity contribution is 0.101. The molecule has 10 nitrogen and oxygen atoms in total. The van der Waals surface area contributed by atoms with Gasteiger partial charge in [0.1, 0.15) is 23.3 Å². The number of nitrogens with zero attached hydrogens (tertiary/aromatic N) is 2. The molecular weight excluding hydrogens is 655 g/mol. The first kappa shape index (κ1) is 31.8. The number of H-pyrrole nitrogens is 2. The number of aromatic amines is 2. The number of carbonyl (C=O) groups is 2. The molecular formula is C30H16Cl2F4N6O4. The third kappa shape index (κ3) is 6.87. The van der Waals surface area contributed by atoms with Gasteiger partial charge < -0.3 is 10.6 Å². The van der Waals surface area contributed by atoms with E-state index in [9.17, 15) is 36.7 Å². The predicted octanol–water partition coefficient (Wildman–Crippen LogP) is 6.21. The van der Waals surface area contributed by atoms with Gasteiger partial charge in [0.25, 0.3) is 22.9 Å². The van der Waals surface area contributed by atoms with Crippen LogP contribution in [0.2, 0.25) is 10.3 Å². The third-order valence-electron chi connectivity index (χ3n) is 6.36. The summed E-state index contributed by atoms with van der Waals surface area (Å²) in [7, 11) is 0. The van der Waals surface area contributed by atoms with Crippen LogP contribution in [0.25, 0.3) is 21.5 Å². The standard InChI is InChI=1S/2C15H8ClF2N3O2/c16-13-10-5-7(1-3-9(10)15(23)21-20-13)14(22)19-12-6-8(17)2-4-11(12)18;16-13-9-3-1-7(5-10(9)15(23)21-20-13)14(22)19-12-6-8(17)2-4-11(12)18/h2*1-6H,(H,19,22)(H,21,23). The molecule has 232 valence electrons. The first-order chi connectivity index (χ1) is 21.9. The number of hydrogen-bond donors (Lipinski definition) is 4. The normalized spacial score (nSPS) is 10.7. The number of aromatic nitrogens is 4. The number of nitrogens with one attached hydrogen (secondary N) is 4. The quantitative estimate of drug-likeness (QED) is 0.164. The summed E-state index contributed by atoms with van der Waals surface area (Å²) < 4.78 is 53.4. The molecule has 0 saturated heterocycles. The van der Waals surface area contributed by atoms with Crippen LogP contribution in [0.1, 0.15) is 20.7 Å². The molecule has 0 unspecified atom stereocenters. The fraction of sp³-hybridized carbons (Fsp3) is 0. The Hall–Kier alpha value is -5.60. The largest absolute Gasteiger partial charge is 0.319 e. The number of fused-ring (bicyclic) bond motifs is 2. The first-order valence-corrected chi connectivity index (χ1v) is 13.6. The van der Waals surface area contributed by atoms with Gasteiger partial charge in [-0.1, -0.05) is 29.3 Å². The third-order valence-corrected chi connectivity index (χ3v) is 6.94. The molecule has 0 aliphatic heterocycles. The number of rotatable bonds is 4. The van der Waals surface area contributed by atoms with Crippen molar-refractivity contribution in [2.45, 2.75) is 0 Å². The fourth-order valence-electron chi connectivity index (χ4n) is 4.12. The van der Waals surface area contributed by atoms with Crippen LogP contribution in [0, 0.1) is 23.3 Å². The Bertz CT molecular complexity index is 2300. The summed E-state index contributed by atoms with van der Waals surface area (Å²) in [6, 6.07) is 13.7. The molecule has 0 radical (unpaired) electrons. The van der Waals surface area contributed by atoms with E-state index < -0.39 is 46.2 Å². The van der Waals surface area contributed by atoms with E-state index >= 15 is 0 Å². The van der Waals surface area contributed by atoms with Gasteiger partial charge in [-0.25, -0.2) is 27.8 Å². The number of halogens is 6. The number of amides is 2. The van der Waals surface area contributed by atoms with Gasteiger partial charge in [0.05, 0.1) is 22.1 Å². The Balaban J connectivity index is 0.000000181. The molecule has 16 heteroatoms. The Kier molecular flexibility index (Phi) is 9.11. The van der Waals surface area contributed by atoms with Gasteiger partial charge in [-0.05, 0) is 54.6 Å². The van der Waals surface area contributed by atoms with Gasteiger partial charge in [0, 0.05) is 34.0 Å². The van der Waals surface area contributed by atoms with Crippen LogP contribution < -0.4 is 21.8 Å². The monoisotopic (exact) mass is 670 g/mol. The van der Waals surface area contributed by atoms with Crippen LogP contribution in [0.4, 0.5) is 28.9 Å². The zero-order valence-corrected chi connectivity index (χ0v) is 24.2. The van der Waals surface area contributed by atoms with Crippen molar-refractivity contribution in [2.75, 3.05) is 10.6 Å². The molecule has 2 heterocycles. The van der Waals surface area contributed by atoms with Gasteiger partial charge in [-0.2, -0.15) is 10.2 Å². The molecule has 0 aliphatic carbocycles. The number of anilines is 2. The summed E-state index contributed by atoms with van der Waals surface area (Å²) in [4.78, 5) is 47.7. The van der Waals surface area contributed by atoms with Crippen LogP contribution >= 0.6 is 23.2 Å². The maximum absolute atomic E-state index is 13.6. The summed E-state index contributed by atoms with van der Waals surface area (Å²) >= 11 is 11.7. The van der Waals surface area contributed by atoms with E-state index in [1.165, 1.54) is 36.4 Å². The summed E-state index contributed by atoms with van der Waals surface area (Å²) in [5, 5.41) is 17.3. The molecule has 0 bridgehead atoms. The van der Waals surface area contributed by atoms with E-state index in [0.29, 0.717) is 5.39 Å². The molecule has 46 heavy (non-hydrogen) atoms. The molecule has 4 aromatic carbocycles. The van der Waals surface area contributed by atoms with Crippen molar-refractivity contribution in [1.29, 1.82) is 0 Å². The van der Waals surface area contributed by atoms with Crippen molar-refractivity contribution in [3.05, 3.63) is 138 Å². The predicted molar refractivity (Wildman–Crippen MR) is 163 cm³/mol. The van der Waals surface area contributed by atoms with Crippen LogP contribution in [0.3, 0.4) is 0 Å². The van der Waals surface area contributed by atoms with Crippen LogP contribution in [0.15, 0.2) is 82.4 Å². The van der Waals surface area contributed by atoms with Crippen LogP contribution in [0.5, 0.6) is 0 Å². The van der Waals surface area contributed by atoms with Crippen LogP contribution in [-0.4, -0.2) is 32.2 Å². The molecule has 6 aromatic rings. The van der Waals surface area contributed by atoms with E-state index in [1.807, 2.05) is 0 Å². The minimum absolute atomic E-state index is 0.0196. The molecule has 2 amide bonds. The average molecular weight is 671 g/mol. The molecule has 0 aliphatic rings. The highest BCUT2D eigenvalue weighted by molar-refractivity contribution is 6.34. The lowest BCUT2D eigenvalue weighted by atomic mass is 10.1. The van der Waals surface area contributed by atoms with Crippen molar-refractivity contribution in [3.63, 3.8) is 0 Å². The minimum Gasteiger partial charge on any atom is -0.319 e. The Morgan fingerprint density at radius 3 is 1.52 bits per heavy atom. The highest BCUT2D eigenvalue weighted by atomic mass is 35.5. The van der Waals surface area contributed by atoms with Crippen LogP contribution in [-0.2, 0) is 0 Å². The lowest BCUT2D eigenvalue weighted by Gasteiger charge is -2.07. The van der Waals surface area contributed by atoms with Gasteiger partial charge in [-0.15, -0.1) is 0 Å². The summed E-state index contributed by atoms with van der Waals surface area (Å²) in [6.45, 7) is 0. The Morgan fingerprint density at radius 1 is 0.565 bits per heavy atom. The van der Waals surface area contributed by atoms with E-state index in [1.54, 1.807) is 0 Å². The SMILES string of the molecule is O=C(Nc1cc(F)ccc1F)c1ccc2c(=O)[nH]nc(Cl)c2c1.O=C(Nc1cc(F)ccc1F)c1ccc2c(Cl)n[nH]c(=O)c2c1. The first-order valence-electron chi connectivity index (χ1n) is 12.8. The summed E-state index contributed by atoms with van der Waals surface area (Å²) in [5.74, 6) is -4.27.